The molecule has 0 saturated carbocycles. The SMILES string of the molecule is CC(=O)Nc1ccc(S(=O)(=O)N2CCC(N3CCCC(C)C3)CC2)c2ccccc12. The third-order valence-electron chi connectivity index (χ3n) is 6.44. The van der Waals surface area contributed by atoms with Crippen molar-refractivity contribution < 1.29 is 13.2 Å². The summed E-state index contributed by atoms with van der Waals surface area (Å²) in [7, 11) is -3.60. The Bertz CT molecular complexity index is 1030. The first-order valence-corrected chi connectivity index (χ1v) is 12.3. The molecule has 7 heteroatoms. The molecule has 1 atom stereocenters. The van der Waals surface area contributed by atoms with Gasteiger partial charge in [-0.1, -0.05) is 31.2 Å². The molecule has 0 aliphatic carbocycles. The third-order valence-corrected chi connectivity index (χ3v) is 8.40. The summed E-state index contributed by atoms with van der Waals surface area (Å²) in [5.74, 6) is 0.555. The van der Waals surface area contributed by atoms with Crippen LogP contribution in [-0.2, 0) is 14.8 Å². The number of anilines is 1. The van der Waals surface area contributed by atoms with E-state index in [1.54, 1.807) is 16.4 Å². The second-order valence-electron chi connectivity index (χ2n) is 8.72. The van der Waals surface area contributed by atoms with Crippen molar-refractivity contribution in [3.63, 3.8) is 0 Å². The van der Waals surface area contributed by atoms with Crippen LogP contribution in [0.1, 0.15) is 39.5 Å². The molecule has 2 aromatic carbocycles. The maximum atomic E-state index is 13.5. The van der Waals surface area contributed by atoms with Crippen molar-refractivity contribution in [2.24, 2.45) is 5.92 Å². The van der Waals surface area contributed by atoms with Crippen LogP contribution in [0.3, 0.4) is 0 Å². The molecule has 1 amide bonds. The number of sulfonamides is 1. The van der Waals surface area contributed by atoms with Crippen LogP contribution in [0.25, 0.3) is 10.8 Å². The highest BCUT2D eigenvalue weighted by Crippen LogP contribution is 2.33. The molecule has 0 aromatic heterocycles. The third kappa shape index (κ3) is 4.24. The lowest BCUT2D eigenvalue weighted by Crippen LogP contribution is -2.49. The maximum Gasteiger partial charge on any atom is 0.243 e. The zero-order valence-corrected chi connectivity index (χ0v) is 18.6. The molecule has 6 nitrogen and oxygen atoms in total. The van der Waals surface area contributed by atoms with Crippen LogP contribution >= 0.6 is 0 Å². The number of hydrogen-bond acceptors (Lipinski definition) is 4. The van der Waals surface area contributed by atoms with Crippen molar-refractivity contribution in [1.82, 2.24) is 9.21 Å². The van der Waals surface area contributed by atoms with Crippen LogP contribution in [0.15, 0.2) is 41.3 Å². The molecule has 30 heavy (non-hydrogen) atoms. The van der Waals surface area contributed by atoms with Crippen LogP contribution in [0, 0.1) is 5.92 Å². The average molecular weight is 430 g/mol. The molecule has 2 aliphatic rings. The molecule has 2 fully saturated rings. The molecule has 2 aromatic rings. The molecule has 2 heterocycles. The lowest BCUT2D eigenvalue weighted by Gasteiger charge is -2.41. The van der Waals surface area contributed by atoms with Crippen LogP contribution in [-0.4, -0.2) is 55.8 Å². The van der Waals surface area contributed by atoms with Gasteiger partial charge < -0.3 is 10.2 Å². The van der Waals surface area contributed by atoms with Crippen LogP contribution in [0.4, 0.5) is 5.69 Å². The van der Waals surface area contributed by atoms with Gasteiger partial charge in [0, 0.05) is 49.1 Å². The van der Waals surface area contributed by atoms with Gasteiger partial charge in [-0.05, 0) is 50.3 Å². The Hall–Kier alpha value is -1.96. The van der Waals surface area contributed by atoms with E-state index in [1.165, 1.54) is 19.8 Å². The Morgan fingerprint density at radius 1 is 1.00 bits per heavy atom. The van der Waals surface area contributed by atoms with Crippen molar-refractivity contribution >= 4 is 32.4 Å². The Morgan fingerprint density at radius 3 is 2.37 bits per heavy atom. The molecule has 2 aliphatic heterocycles. The van der Waals surface area contributed by atoms with Gasteiger partial charge in [-0.25, -0.2) is 8.42 Å². The van der Waals surface area contributed by atoms with Gasteiger partial charge in [0.2, 0.25) is 15.9 Å². The first-order chi connectivity index (χ1) is 14.4. The van der Waals surface area contributed by atoms with E-state index in [-0.39, 0.29) is 5.91 Å². The number of carbonyl (C=O) groups excluding carboxylic acids is 1. The second-order valence-corrected chi connectivity index (χ2v) is 10.6. The summed E-state index contributed by atoms with van der Waals surface area (Å²) in [5, 5.41) is 4.19. The van der Waals surface area contributed by atoms with Crippen molar-refractivity contribution in [2.75, 3.05) is 31.5 Å². The van der Waals surface area contributed by atoms with E-state index < -0.39 is 10.0 Å². The number of benzene rings is 2. The predicted octanol–water partition coefficient (Wildman–Crippen LogP) is 3.68. The van der Waals surface area contributed by atoms with E-state index in [0.29, 0.717) is 35.1 Å². The van der Waals surface area contributed by atoms with Gasteiger partial charge in [0.25, 0.3) is 0 Å². The van der Waals surface area contributed by atoms with E-state index in [2.05, 4.69) is 17.1 Å². The summed E-state index contributed by atoms with van der Waals surface area (Å²) in [6.07, 6.45) is 4.30. The predicted molar refractivity (Wildman–Crippen MR) is 120 cm³/mol. The zero-order valence-electron chi connectivity index (χ0n) is 17.8. The normalized spacial score (nSPS) is 22.3. The van der Waals surface area contributed by atoms with Crippen molar-refractivity contribution in [2.45, 2.75) is 50.5 Å². The molecule has 2 saturated heterocycles. The summed E-state index contributed by atoms with van der Waals surface area (Å²) >= 11 is 0. The number of fused-ring (bicyclic) bond motifs is 1. The van der Waals surface area contributed by atoms with E-state index in [4.69, 9.17) is 0 Å². The minimum atomic E-state index is -3.60. The van der Waals surface area contributed by atoms with E-state index >= 15 is 0 Å². The monoisotopic (exact) mass is 429 g/mol. The molecular weight excluding hydrogens is 398 g/mol. The molecule has 4 rings (SSSR count). The highest BCUT2D eigenvalue weighted by atomic mass is 32.2. The topological polar surface area (TPSA) is 69.7 Å². The van der Waals surface area contributed by atoms with Gasteiger partial charge in [0.1, 0.15) is 0 Å². The maximum absolute atomic E-state index is 13.5. The van der Waals surface area contributed by atoms with Gasteiger partial charge in [-0.2, -0.15) is 4.31 Å². The molecule has 162 valence electrons. The van der Waals surface area contributed by atoms with Crippen LogP contribution in [0.5, 0.6) is 0 Å². The summed E-state index contributed by atoms with van der Waals surface area (Å²) in [5.41, 5.74) is 0.634. The van der Waals surface area contributed by atoms with Gasteiger partial charge in [0.05, 0.1) is 4.90 Å². The fraction of sp³-hybridized carbons (Fsp3) is 0.522. The number of likely N-dealkylation sites (tertiary alicyclic amines) is 1. The number of nitrogens with zero attached hydrogens (tertiary/aromatic N) is 2. The quantitative estimate of drug-likeness (QED) is 0.805. The van der Waals surface area contributed by atoms with Crippen molar-refractivity contribution in [3.05, 3.63) is 36.4 Å². The fourth-order valence-electron chi connectivity index (χ4n) is 4.94. The summed E-state index contributed by atoms with van der Waals surface area (Å²) in [6.45, 7) is 7.14. The average Bonchev–Trinajstić information content (AvgIpc) is 2.73. The lowest BCUT2D eigenvalue weighted by molar-refractivity contribution is -0.114. The van der Waals surface area contributed by atoms with Crippen molar-refractivity contribution in [3.8, 4) is 0 Å². The first-order valence-electron chi connectivity index (χ1n) is 10.9. The number of amides is 1. The largest absolute Gasteiger partial charge is 0.326 e. The van der Waals surface area contributed by atoms with Gasteiger partial charge >= 0.3 is 0 Å². The highest BCUT2D eigenvalue weighted by molar-refractivity contribution is 7.89. The molecule has 1 unspecified atom stereocenters. The van der Waals surface area contributed by atoms with Gasteiger partial charge in [-0.15, -0.1) is 0 Å². The standard InChI is InChI=1S/C23H31N3O3S/c1-17-6-5-13-25(16-17)19-11-14-26(15-12-19)30(28,29)23-10-9-22(24-18(2)27)20-7-3-4-8-21(20)23/h3-4,7-10,17,19H,5-6,11-16H2,1-2H3,(H,24,27). The molecule has 0 bridgehead atoms. The molecular formula is C23H31N3O3S. The highest BCUT2D eigenvalue weighted by Gasteiger charge is 2.33. The Labute approximate surface area is 179 Å². The molecule has 0 spiro atoms. The molecule has 0 radical (unpaired) electrons. The van der Waals surface area contributed by atoms with E-state index in [9.17, 15) is 13.2 Å². The van der Waals surface area contributed by atoms with E-state index in [0.717, 1.165) is 37.2 Å². The van der Waals surface area contributed by atoms with Crippen LogP contribution in [0.2, 0.25) is 0 Å². The minimum Gasteiger partial charge on any atom is -0.326 e. The Kier molecular flexibility index (Phi) is 6.14. The molecule has 1 N–H and O–H groups in total. The Morgan fingerprint density at radius 2 is 1.70 bits per heavy atom. The second kappa shape index (κ2) is 8.65. The number of carbonyl (C=O) groups is 1. The summed E-state index contributed by atoms with van der Waals surface area (Å²) in [4.78, 5) is 14.4. The van der Waals surface area contributed by atoms with E-state index in [1.807, 2.05) is 24.3 Å². The number of rotatable bonds is 4. The van der Waals surface area contributed by atoms with Gasteiger partial charge in [-0.3, -0.25) is 4.79 Å². The van der Waals surface area contributed by atoms with Crippen LogP contribution < -0.4 is 5.32 Å². The first kappa shape index (κ1) is 21.3. The number of hydrogen-bond donors (Lipinski definition) is 1. The smallest absolute Gasteiger partial charge is 0.243 e. The van der Waals surface area contributed by atoms with Crippen molar-refractivity contribution in [1.29, 1.82) is 0 Å². The Balaban J connectivity index is 1.56. The summed E-state index contributed by atoms with van der Waals surface area (Å²) in [6, 6.07) is 11.2. The minimum absolute atomic E-state index is 0.176. The number of nitrogens with one attached hydrogen (secondary N) is 1. The number of piperidine rings is 2. The van der Waals surface area contributed by atoms with Gasteiger partial charge in [0.15, 0.2) is 0 Å². The summed E-state index contributed by atoms with van der Waals surface area (Å²) < 4.78 is 28.6. The zero-order chi connectivity index (χ0) is 21.3. The lowest BCUT2D eigenvalue weighted by atomic mass is 9.96. The fourth-order valence-corrected chi connectivity index (χ4v) is 6.60.